The van der Waals surface area contributed by atoms with Crippen LogP contribution in [0.5, 0.6) is 11.5 Å². The van der Waals surface area contributed by atoms with Crippen molar-refractivity contribution in [3.05, 3.63) is 42.5 Å². The SMILES string of the molecule is COc1cc(C(C)(C)C)c(I)cc1-c1cc(I)c(C(C)(C)C)cc1OC. The number of hydrogen-bond acceptors (Lipinski definition) is 2. The number of rotatable bonds is 3. The van der Waals surface area contributed by atoms with Crippen molar-refractivity contribution in [2.75, 3.05) is 14.2 Å². The van der Waals surface area contributed by atoms with Gasteiger partial charge in [-0.15, -0.1) is 0 Å². The molecule has 0 spiro atoms. The van der Waals surface area contributed by atoms with Gasteiger partial charge in [0, 0.05) is 18.3 Å². The standard InChI is InChI=1S/C22H28I2O2/c1-21(2,3)15-11-19(25-7)13(9-17(15)23)14-10-18(24)16(22(4,5)6)12-20(14)26-8/h9-12H,1-8H3. The van der Waals surface area contributed by atoms with E-state index in [1.807, 2.05) is 0 Å². The molecule has 2 aromatic rings. The van der Waals surface area contributed by atoms with E-state index >= 15 is 0 Å². The molecule has 0 fully saturated rings. The van der Waals surface area contributed by atoms with E-state index in [2.05, 4.69) is 111 Å². The van der Waals surface area contributed by atoms with E-state index in [0.29, 0.717) is 0 Å². The van der Waals surface area contributed by atoms with Gasteiger partial charge in [-0.05, 0) is 91.4 Å². The van der Waals surface area contributed by atoms with Crippen LogP contribution in [0.3, 0.4) is 0 Å². The van der Waals surface area contributed by atoms with Crippen molar-refractivity contribution in [1.82, 2.24) is 0 Å². The summed E-state index contributed by atoms with van der Waals surface area (Å²) in [6.45, 7) is 13.4. The zero-order chi connectivity index (χ0) is 19.9. The highest BCUT2D eigenvalue weighted by Gasteiger charge is 2.24. The van der Waals surface area contributed by atoms with Crippen molar-refractivity contribution < 1.29 is 9.47 Å². The van der Waals surface area contributed by atoms with E-state index in [1.54, 1.807) is 14.2 Å². The van der Waals surface area contributed by atoms with Crippen molar-refractivity contribution >= 4 is 45.2 Å². The van der Waals surface area contributed by atoms with Crippen molar-refractivity contribution in [3.63, 3.8) is 0 Å². The molecular formula is C22H28I2O2. The number of benzene rings is 2. The summed E-state index contributed by atoms with van der Waals surface area (Å²) >= 11 is 4.85. The van der Waals surface area contributed by atoms with Gasteiger partial charge in [0.15, 0.2) is 0 Å². The minimum Gasteiger partial charge on any atom is -0.496 e. The molecule has 0 heterocycles. The zero-order valence-corrected chi connectivity index (χ0v) is 21.2. The highest BCUT2D eigenvalue weighted by Crippen LogP contribution is 2.43. The zero-order valence-electron chi connectivity index (χ0n) is 16.9. The predicted molar refractivity (Wildman–Crippen MR) is 128 cm³/mol. The highest BCUT2D eigenvalue weighted by atomic mass is 127. The summed E-state index contributed by atoms with van der Waals surface area (Å²) < 4.78 is 14.0. The Morgan fingerprint density at radius 3 is 1.15 bits per heavy atom. The predicted octanol–water partition coefficient (Wildman–Crippen LogP) is 7.18. The van der Waals surface area contributed by atoms with Gasteiger partial charge in [-0.2, -0.15) is 0 Å². The molecule has 0 radical (unpaired) electrons. The summed E-state index contributed by atoms with van der Waals surface area (Å²) in [5, 5.41) is 0. The summed E-state index contributed by atoms with van der Waals surface area (Å²) in [7, 11) is 3.47. The molecule has 0 atom stereocenters. The highest BCUT2D eigenvalue weighted by molar-refractivity contribution is 14.1. The summed E-state index contributed by atoms with van der Waals surface area (Å²) in [5.74, 6) is 1.76. The Labute approximate surface area is 185 Å². The van der Waals surface area contributed by atoms with Crippen LogP contribution >= 0.6 is 45.2 Å². The molecule has 0 saturated heterocycles. The first kappa shape index (κ1) is 21.8. The van der Waals surface area contributed by atoms with E-state index in [0.717, 1.165) is 22.6 Å². The number of hydrogen-bond donors (Lipinski definition) is 0. The van der Waals surface area contributed by atoms with Crippen LogP contribution < -0.4 is 9.47 Å². The van der Waals surface area contributed by atoms with Crippen LogP contribution in [0.4, 0.5) is 0 Å². The molecule has 2 rings (SSSR count). The number of ether oxygens (including phenoxy) is 2. The quantitative estimate of drug-likeness (QED) is 0.360. The Hall–Kier alpha value is -0.500. The second-order valence-electron chi connectivity index (χ2n) is 8.56. The first-order chi connectivity index (χ1) is 11.9. The van der Waals surface area contributed by atoms with Gasteiger partial charge in [-0.3, -0.25) is 0 Å². The summed E-state index contributed by atoms with van der Waals surface area (Å²) in [6, 6.07) is 8.76. The van der Waals surface area contributed by atoms with Crippen LogP contribution in [0.25, 0.3) is 11.1 Å². The van der Waals surface area contributed by atoms with E-state index in [4.69, 9.17) is 9.47 Å². The minimum atomic E-state index is 0.0664. The average molecular weight is 578 g/mol. The number of halogens is 2. The average Bonchev–Trinajstić information content (AvgIpc) is 2.52. The molecule has 0 unspecified atom stereocenters. The third-order valence-electron chi connectivity index (χ3n) is 4.48. The third kappa shape index (κ3) is 4.49. The van der Waals surface area contributed by atoms with Crippen molar-refractivity contribution in [1.29, 1.82) is 0 Å². The monoisotopic (exact) mass is 578 g/mol. The fourth-order valence-electron chi connectivity index (χ4n) is 3.02. The van der Waals surface area contributed by atoms with Crippen molar-refractivity contribution in [3.8, 4) is 22.6 Å². The largest absolute Gasteiger partial charge is 0.496 e. The molecule has 0 saturated carbocycles. The van der Waals surface area contributed by atoms with Gasteiger partial charge in [0.05, 0.1) is 14.2 Å². The van der Waals surface area contributed by atoms with E-state index in [1.165, 1.54) is 18.3 Å². The van der Waals surface area contributed by atoms with Gasteiger partial charge >= 0.3 is 0 Å². The molecule has 0 aliphatic carbocycles. The maximum Gasteiger partial charge on any atom is 0.127 e. The van der Waals surface area contributed by atoms with Gasteiger partial charge in [0.25, 0.3) is 0 Å². The van der Waals surface area contributed by atoms with E-state index in [9.17, 15) is 0 Å². The van der Waals surface area contributed by atoms with Gasteiger partial charge in [0.2, 0.25) is 0 Å². The van der Waals surface area contributed by atoms with Gasteiger partial charge in [0.1, 0.15) is 11.5 Å². The molecule has 0 aliphatic heterocycles. The second kappa shape index (κ2) is 7.86. The van der Waals surface area contributed by atoms with Gasteiger partial charge in [-0.25, -0.2) is 0 Å². The minimum absolute atomic E-state index is 0.0664. The van der Waals surface area contributed by atoms with Crippen molar-refractivity contribution in [2.24, 2.45) is 0 Å². The van der Waals surface area contributed by atoms with Gasteiger partial charge in [-0.1, -0.05) is 41.5 Å². The Bertz CT molecular complexity index is 743. The van der Waals surface area contributed by atoms with Crippen LogP contribution in [0.2, 0.25) is 0 Å². The molecule has 0 aromatic heterocycles. The van der Waals surface area contributed by atoms with Crippen LogP contribution in [-0.4, -0.2) is 14.2 Å². The van der Waals surface area contributed by atoms with E-state index in [-0.39, 0.29) is 10.8 Å². The van der Waals surface area contributed by atoms with Crippen LogP contribution in [-0.2, 0) is 10.8 Å². The lowest BCUT2D eigenvalue weighted by Gasteiger charge is -2.25. The van der Waals surface area contributed by atoms with Crippen LogP contribution in [0.1, 0.15) is 52.7 Å². The lowest BCUT2D eigenvalue weighted by Crippen LogP contribution is -2.14. The Morgan fingerprint density at radius 1 is 0.615 bits per heavy atom. The number of methoxy groups -OCH3 is 2. The summed E-state index contributed by atoms with van der Waals surface area (Å²) in [6.07, 6.45) is 0. The Morgan fingerprint density at radius 2 is 0.923 bits per heavy atom. The molecule has 142 valence electrons. The normalized spacial score (nSPS) is 12.2. The first-order valence-electron chi connectivity index (χ1n) is 8.66. The lowest BCUT2D eigenvalue weighted by molar-refractivity contribution is 0.408. The summed E-state index contributed by atoms with van der Waals surface area (Å²) in [5.41, 5.74) is 4.85. The molecule has 0 N–H and O–H groups in total. The maximum atomic E-state index is 5.77. The topological polar surface area (TPSA) is 18.5 Å². The third-order valence-corrected chi connectivity index (χ3v) is 6.27. The molecule has 0 aliphatic rings. The van der Waals surface area contributed by atoms with E-state index < -0.39 is 0 Å². The smallest absolute Gasteiger partial charge is 0.127 e. The lowest BCUT2D eigenvalue weighted by atomic mass is 9.84. The molecule has 0 amide bonds. The first-order valence-corrected chi connectivity index (χ1v) is 10.8. The molecule has 2 aromatic carbocycles. The molecule has 4 heteroatoms. The molecular weight excluding hydrogens is 550 g/mol. The van der Waals surface area contributed by atoms with Crippen LogP contribution in [0, 0.1) is 7.14 Å². The second-order valence-corrected chi connectivity index (χ2v) is 10.9. The fraction of sp³-hybridized carbons (Fsp3) is 0.455. The fourth-order valence-corrected chi connectivity index (χ4v) is 5.57. The Kier molecular flexibility index (Phi) is 6.59. The Balaban J connectivity index is 2.76. The maximum absolute atomic E-state index is 5.77. The molecule has 0 bridgehead atoms. The van der Waals surface area contributed by atoms with Crippen molar-refractivity contribution in [2.45, 2.75) is 52.4 Å². The summed E-state index contributed by atoms with van der Waals surface area (Å²) in [4.78, 5) is 0. The van der Waals surface area contributed by atoms with Gasteiger partial charge < -0.3 is 9.47 Å². The molecule has 2 nitrogen and oxygen atoms in total. The molecule has 26 heavy (non-hydrogen) atoms. The van der Waals surface area contributed by atoms with Crippen LogP contribution in [0.15, 0.2) is 24.3 Å².